The molecule has 3 aromatic carbocycles. The number of hydrazone groups is 1. The Bertz CT molecular complexity index is 789. The van der Waals surface area contributed by atoms with Crippen molar-refractivity contribution in [2.75, 3.05) is 5.01 Å². The van der Waals surface area contributed by atoms with Crippen LogP contribution in [0, 0.1) is 0 Å². The Morgan fingerprint density at radius 1 is 0.792 bits per heavy atom. The molecule has 0 aliphatic rings. The number of nitrogens with zero attached hydrogens (tertiary/aromatic N) is 2. The van der Waals surface area contributed by atoms with Crippen molar-refractivity contribution in [2.24, 2.45) is 5.10 Å². The summed E-state index contributed by atoms with van der Waals surface area (Å²) >= 11 is 0. The largest absolute Gasteiger partial charge is 0.478 e. The van der Waals surface area contributed by atoms with E-state index in [1.807, 2.05) is 65.7 Å². The van der Waals surface area contributed by atoms with Crippen molar-refractivity contribution in [3.63, 3.8) is 0 Å². The molecule has 0 saturated heterocycles. The molecule has 0 spiro atoms. The summed E-state index contributed by atoms with van der Waals surface area (Å²) in [4.78, 5) is 10.9. The van der Waals surface area contributed by atoms with Crippen molar-refractivity contribution in [1.29, 1.82) is 0 Å². The van der Waals surface area contributed by atoms with Crippen LogP contribution in [0.3, 0.4) is 0 Å². The van der Waals surface area contributed by atoms with Gasteiger partial charge < -0.3 is 5.11 Å². The zero-order chi connectivity index (χ0) is 16.8. The van der Waals surface area contributed by atoms with Crippen LogP contribution in [0.4, 0.5) is 11.4 Å². The molecule has 0 amide bonds. The van der Waals surface area contributed by atoms with Gasteiger partial charge in [0, 0.05) is 0 Å². The molecule has 118 valence electrons. The zero-order valence-corrected chi connectivity index (χ0v) is 12.9. The predicted octanol–water partition coefficient (Wildman–Crippen LogP) is 4.56. The van der Waals surface area contributed by atoms with E-state index in [1.165, 1.54) is 0 Å². The molecule has 0 aliphatic carbocycles. The Kier molecular flexibility index (Phi) is 4.68. The Hall–Kier alpha value is -3.40. The molecule has 0 atom stereocenters. The van der Waals surface area contributed by atoms with Gasteiger partial charge in [-0.1, -0.05) is 48.5 Å². The summed E-state index contributed by atoms with van der Waals surface area (Å²) in [5.41, 5.74) is 2.98. The van der Waals surface area contributed by atoms with E-state index >= 15 is 0 Å². The lowest BCUT2D eigenvalue weighted by atomic mass is 10.1. The highest BCUT2D eigenvalue weighted by atomic mass is 16.4. The molecule has 3 aromatic rings. The lowest BCUT2D eigenvalue weighted by molar-refractivity contribution is 0.0697. The average Bonchev–Trinajstić information content (AvgIpc) is 2.64. The number of benzene rings is 3. The molecule has 0 aliphatic heterocycles. The molecule has 24 heavy (non-hydrogen) atoms. The molecule has 0 aromatic heterocycles. The van der Waals surface area contributed by atoms with Crippen LogP contribution >= 0.6 is 0 Å². The molecule has 1 N–H and O–H groups in total. The van der Waals surface area contributed by atoms with Crippen molar-refractivity contribution in [3.8, 4) is 0 Å². The van der Waals surface area contributed by atoms with Crippen LogP contribution in [-0.2, 0) is 0 Å². The fourth-order valence-electron chi connectivity index (χ4n) is 2.26. The second-order valence-electron chi connectivity index (χ2n) is 5.15. The zero-order valence-electron chi connectivity index (χ0n) is 12.9. The molecule has 0 heterocycles. The van der Waals surface area contributed by atoms with Crippen molar-refractivity contribution < 1.29 is 9.90 Å². The first-order valence-corrected chi connectivity index (χ1v) is 7.51. The van der Waals surface area contributed by atoms with Crippen LogP contribution in [-0.4, -0.2) is 17.3 Å². The maximum atomic E-state index is 10.9. The molecule has 0 unspecified atom stereocenters. The second kappa shape index (κ2) is 7.24. The molecule has 3 rings (SSSR count). The van der Waals surface area contributed by atoms with Gasteiger partial charge in [0.2, 0.25) is 0 Å². The van der Waals surface area contributed by atoms with Gasteiger partial charge in [0.05, 0.1) is 23.2 Å². The lowest BCUT2D eigenvalue weighted by Crippen LogP contribution is -2.09. The van der Waals surface area contributed by atoms with Gasteiger partial charge in [-0.05, 0) is 42.0 Å². The van der Waals surface area contributed by atoms with Crippen LogP contribution in [0.25, 0.3) is 0 Å². The van der Waals surface area contributed by atoms with Gasteiger partial charge in [-0.25, -0.2) is 9.80 Å². The fraction of sp³-hybridized carbons (Fsp3) is 0. The van der Waals surface area contributed by atoms with Crippen molar-refractivity contribution in [1.82, 2.24) is 0 Å². The molecule has 0 radical (unpaired) electrons. The highest BCUT2D eigenvalue weighted by Gasteiger charge is 2.06. The predicted molar refractivity (Wildman–Crippen MR) is 96.0 cm³/mol. The smallest absolute Gasteiger partial charge is 0.335 e. The minimum atomic E-state index is -0.936. The van der Waals surface area contributed by atoms with Gasteiger partial charge >= 0.3 is 5.97 Å². The molecule has 0 saturated carbocycles. The number of carbonyl (C=O) groups is 1. The molecular weight excluding hydrogens is 300 g/mol. The third kappa shape index (κ3) is 3.67. The normalized spacial score (nSPS) is 10.7. The van der Waals surface area contributed by atoms with E-state index in [1.54, 1.807) is 30.5 Å². The van der Waals surface area contributed by atoms with Crippen LogP contribution < -0.4 is 5.01 Å². The number of anilines is 2. The van der Waals surface area contributed by atoms with Gasteiger partial charge in [0.1, 0.15) is 0 Å². The van der Waals surface area contributed by atoms with Gasteiger partial charge in [0.15, 0.2) is 0 Å². The molecule has 4 nitrogen and oxygen atoms in total. The highest BCUT2D eigenvalue weighted by molar-refractivity contribution is 5.89. The number of hydrogen-bond donors (Lipinski definition) is 1. The summed E-state index contributed by atoms with van der Waals surface area (Å²) in [6, 6.07) is 26.3. The van der Waals surface area contributed by atoms with Gasteiger partial charge in [0.25, 0.3) is 0 Å². The average molecular weight is 316 g/mol. The summed E-state index contributed by atoms with van der Waals surface area (Å²) in [6.45, 7) is 0. The first kappa shape index (κ1) is 15.5. The van der Waals surface area contributed by atoms with E-state index in [4.69, 9.17) is 5.11 Å². The molecule has 4 heteroatoms. The van der Waals surface area contributed by atoms with E-state index in [0.29, 0.717) is 0 Å². The van der Waals surface area contributed by atoms with E-state index < -0.39 is 5.97 Å². The summed E-state index contributed by atoms with van der Waals surface area (Å²) in [5, 5.41) is 15.4. The SMILES string of the molecule is O=C(O)c1ccc(/C=N\N(c2ccccc2)c2ccccc2)cc1. The van der Waals surface area contributed by atoms with Crippen molar-refractivity contribution in [2.45, 2.75) is 0 Å². The summed E-state index contributed by atoms with van der Waals surface area (Å²) in [6.07, 6.45) is 1.71. The molecular formula is C20H16N2O2. The van der Waals surface area contributed by atoms with E-state index in [-0.39, 0.29) is 5.56 Å². The first-order valence-electron chi connectivity index (χ1n) is 7.51. The monoisotopic (exact) mass is 316 g/mol. The summed E-state index contributed by atoms with van der Waals surface area (Å²) in [5.74, 6) is -0.936. The highest BCUT2D eigenvalue weighted by Crippen LogP contribution is 2.25. The standard InChI is InChI=1S/C20H16N2O2/c23-20(24)17-13-11-16(12-14-17)15-21-22(18-7-3-1-4-8-18)19-9-5-2-6-10-19/h1-15H,(H,23,24)/b21-15-. The number of carboxylic acid groups (broad SMARTS) is 1. The third-order valence-corrected chi connectivity index (χ3v) is 3.48. The van der Waals surface area contributed by atoms with Gasteiger partial charge in [-0.3, -0.25) is 0 Å². The summed E-state index contributed by atoms with van der Waals surface area (Å²) < 4.78 is 0. The summed E-state index contributed by atoms with van der Waals surface area (Å²) in [7, 11) is 0. The fourth-order valence-corrected chi connectivity index (χ4v) is 2.26. The van der Waals surface area contributed by atoms with Gasteiger partial charge in [-0.2, -0.15) is 5.10 Å². The first-order chi connectivity index (χ1) is 11.7. The van der Waals surface area contributed by atoms with Crippen molar-refractivity contribution >= 4 is 23.6 Å². The lowest BCUT2D eigenvalue weighted by Gasteiger charge is -2.19. The van der Waals surface area contributed by atoms with E-state index in [9.17, 15) is 4.79 Å². The minimum Gasteiger partial charge on any atom is -0.478 e. The minimum absolute atomic E-state index is 0.259. The molecule has 0 bridgehead atoms. The quantitative estimate of drug-likeness (QED) is 0.554. The van der Waals surface area contributed by atoms with Crippen LogP contribution in [0.15, 0.2) is 90.0 Å². The Balaban J connectivity index is 1.90. The Morgan fingerprint density at radius 3 is 1.75 bits per heavy atom. The van der Waals surface area contributed by atoms with Crippen LogP contribution in [0.2, 0.25) is 0 Å². The Morgan fingerprint density at radius 2 is 1.29 bits per heavy atom. The third-order valence-electron chi connectivity index (χ3n) is 3.48. The van der Waals surface area contributed by atoms with Crippen molar-refractivity contribution in [3.05, 3.63) is 96.1 Å². The number of para-hydroxylation sites is 2. The van der Waals surface area contributed by atoms with E-state index in [2.05, 4.69) is 5.10 Å². The van der Waals surface area contributed by atoms with Crippen LogP contribution in [0.1, 0.15) is 15.9 Å². The second-order valence-corrected chi connectivity index (χ2v) is 5.15. The number of carboxylic acids is 1. The number of hydrogen-bond acceptors (Lipinski definition) is 3. The maximum absolute atomic E-state index is 10.9. The Labute approximate surface area is 140 Å². The topological polar surface area (TPSA) is 52.9 Å². The van der Waals surface area contributed by atoms with Gasteiger partial charge in [-0.15, -0.1) is 0 Å². The van der Waals surface area contributed by atoms with Crippen LogP contribution in [0.5, 0.6) is 0 Å². The molecule has 0 fully saturated rings. The van der Waals surface area contributed by atoms with E-state index in [0.717, 1.165) is 16.9 Å². The number of rotatable bonds is 5. The number of aromatic carboxylic acids is 1. The maximum Gasteiger partial charge on any atom is 0.335 e.